The molecule has 0 amide bonds. The van der Waals surface area contributed by atoms with Crippen LogP contribution < -0.4 is 0 Å². The van der Waals surface area contributed by atoms with Crippen LogP contribution in [0.5, 0.6) is 0 Å². The summed E-state index contributed by atoms with van der Waals surface area (Å²) in [5.74, 6) is 0. The van der Waals surface area contributed by atoms with Crippen molar-refractivity contribution in [1.82, 2.24) is 0 Å². The predicted octanol–water partition coefficient (Wildman–Crippen LogP) is 3.10. The molecular formula is C10H14. The number of hydrogen-bond donors (Lipinski definition) is 0. The van der Waals surface area contributed by atoms with Gasteiger partial charge < -0.3 is 0 Å². The van der Waals surface area contributed by atoms with Crippen molar-refractivity contribution in [2.45, 2.75) is 13.3 Å². The average Bonchev–Trinajstić information content (AvgIpc) is 1.99. The Morgan fingerprint density at radius 3 is 2.50 bits per heavy atom. The van der Waals surface area contributed by atoms with Crippen LogP contribution >= 0.6 is 0 Å². The summed E-state index contributed by atoms with van der Waals surface area (Å²) < 4.78 is 0. The van der Waals surface area contributed by atoms with Gasteiger partial charge in [0.05, 0.1) is 0 Å². The van der Waals surface area contributed by atoms with Crippen molar-refractivity contribution >= 4 is 0 Å². The van der Waals surface area contributed by atoms with Gasteiger partial charge in [-0.15, -0.1) is 0 Å². The zero-order valence-corrected chi connectivity index (χ0v) is 6.56. The molecule has 0 rings (SSSR count). The molecule has 0 spiro atoms. The Bertz CT molecular complexity index is 147. The van der Waals surface area contributed by atoms with E-state index in [2.05, 4.69) is 20.1 Å². The van der Waals surface area contributed by atoms with Gasteiger partial charge in [0.2, 0.25) is 0 Å². The van der Waals surface area contributed by atoms with E-state index in [-0.39, 0.29) is 0 Å². The van der Waals surface area contributed by atoms with Gasteiger partial charge in [-0.05, 0) is 26.7 Å². The van der Waals surface area contributed by atoms with E-state index in [1.807, 2.05) is 19.4 Å². The van der Waals surface area contributed by atoms with Crippen LogP contribution in [0, 0.1) is 13.3 Å². The lowest BCUT2D eigenvalue weighted by atomic mass is 10.1. The molecule has 0 atom stereocenters. The highest BCUT2D eigenvalue weighted by Gasteiger charge is 1.89. The molecule has 0 saturated carbocycles. The second kappa shape index (κ2) is 5.04. The molecule has 2 radical (unpaired) electrons. The number of hydrogen-bond acceptors (Lipinski definition) is 0. The maximum absolute atomic E-state index is 3.76. The molecule has 0 aromatic rings. The third-order valence-corrected chi connectivity index (χ3v) is 1.30. The highest BCUT2D eigenvalue weighted by atomic mass is 13.9. The minimum atomic E-state index is 0.925. The summed E-state index contributed by atoms with van der Waals surface area (Å²) in [6, 6.07) is 0. The Hall–Kier alpha value is -0.780. The molecule has 0 heterocycles. The first kappa shape index (κ1) is 9.22. The second-order valence-corrected chi connectivity index (χ2v) is 2.24. The van der Waals surface area contributed by atoms with Gasteiger partial charge in [0.1, 0.15) is 0 Å². The fourth-order valence-electron chi connectivity index (χ4n) is 0.459. The largest absolute Gasteiger partial charge is 0.0988 e. The van der Waals surface area contributed by atoms with Crippen molar-refractivity contribution in [2.75, 3.05) is 0 Å². The third kappa shape index (κ3) is 4.13. The Morgan fingerprint density at radius 2 is 2.10 bits per heavy atom. The smallest absolute Gasteiger partial charge is 0.00592 e. The van der Waals surface area contributed by atoms with Crippen LogP contribution in [0.1, 0.15) is 13.3 Å². The van der Waals surface area contributed by atoms with E-state index in [1.165, 1.54) is 5.57 Å². The van der Waals surface area contributed by atoms with Crippen molar-refractivity contribution in [3.05, 3.63) is 49.8 Å². The topological polar surface area (TPSA) is 0 Å². The molecule has 0 aliphatic heterocycles. The van der Waals surface area contributed by atoms with Gasteiger partial charge in [-0.3, -0.25) is 0 Å². The van der Waals surface area contributed by atoms with E-state index >= 15 is 0 Å². The minimum absolute atomic E-state index is 0.925. The summed E-state index contributed by atoms with van der Waals surface area (Å²) in [5, 5.41) is 0. The molecule has 0 bridgehead atoms. The quantitative estimate of drug-likeness (QED) is 0.518. The van der Waals surface area contributed by atoms with Crippen LogP contribution in [0.2, 0.25) is 0 Å². The van der Waals surface area contributed by atoms with Crippen molar-refractivity contribution < 1.29 is 0 Å². The van der Waals surface area contributed by atoms with Crippen LogP contribution in [0.3, 0.4) is 0 Å². The summed E-state index contributed by atoms with van der Waals surface area (Å²) in [6.45, 7) is 13.1. The summed E-state index contributed by atoms with van der Waals surface area (Å²) >= 11 is 0. The monoisotopic (exact) mass is 134 g/mol. The molecule has 0 nitrogen and oxygen atoms in total. The molecule has 0 unspecified atom stereocenters. The molecule has 10 heavy (non-hydrogen) atoms. The lowest BCUT2D eigenvalue weighted by Crippen LogP contribution is -1.80. The first-order chi connectivity index (χ1) is 4.70. The fraction of sp³-hybridized carbons (Fsp3) is 0.200. The zero-order valence-electron chi connectivity index (χ0n) is 6.56. The SMILES string of the molecule is [CH2]/C=C(/C)C[CH]C(=C)C=C. The van der Waals surface area contributed by atoms with Crippen molar-refractivity contribution in [2.24, 2.45) is 0 Å². The second-order valence-electron chi connectivity index (χ2n) is 2.24. The summed E-state index contributed by atoms with van der Waals surface area (Å²) in [4.78, 5) is 0. The van der Waals surface area contributed by atoms with Gasteiger partial charge in [0, 0.05) is 0 Å². The van der Waals surface area contributed by atoms with Crippen LogP contribution in [0.4, 0.5) is 0 Å². The van der Waals surface area contributed by atoms with E-state index in [9.17, 15) is 0 Å². The highest BCUT2D eigenvalue weighted by molar-refractivity contribution is 5.23. The van der Waals surface area contributed by atoms with Crippen molar-refractivity contribution in [3.8, 4) is 0 Å². The highest BCUT2D eigenvalue weighted by Crippen LogP contribution is 2.08. The fourth-order valence-corrected chi connectivity index (χ4v) is 0.459. The number of allylic oxidation sites excluding steroid dienone is 4. The van der Waals surface area contributed by atoms with Gasteiger partial charge in [0.15, 0.2) is 0 Å². The van der Waals surface area contributed by atoms with Crippen LogP contribution in [0.15, 0.2) is 36.5 Å². The van der Waals surface area contributed by atoms with Gasteiger partial charge in [-0.25, -0.2) is 0 Å². The summed E-state index contributed by atoms with van der Waals surface area (Å²) in [5.41, 5.74) is 2.23. The van der Waals surface area contributed by atoms with Gasteiger partial charge in [0.25, 0.3) is 0 Å². The van der Waals surface area contributed by atoms with E-state index < -0.39 is 0 Å². The first-order valence-electron chi connectivity index (χ1n) is 3.30. The Labute approximate surface area is 64.0 Å². The van der Waals surface area contributed by atoms with Gasteiger partial charge in [-0.2, -0.15) is 0 Å². The molecule has 0 aliphatic carbocycles. The molecule has 0 aliphatic rings. The number of rotatable bonds is 4. The third-order valence-electron chi connectivity index (χ3n) is 1.30. The summed E-state index contributed by atoms with van der Waals surface area (Å²) in [7, 11) is 0. The molecule has 0 saturated heterocycles. The first-order valence-corrected chi connectivity index (χ1v) is 3.30. The predicted molar refractivity (Wildman–Crippen MR) is 47.4 cm³/mol. The van der Waals surface area contributed by atoms with E-state index in [0.717, 1.165) is 12.0 Å². The van der Waals surface area contributed by atoms with Crippen LogP contribution in [0.25, 0.3) is 0 Å². The van der Waals surface area contributed by atoms with Gasteiger partial charge >= 0.3 is 0 Å². The standard InChI is InChI=1S/C10H14/c1-5-9(3)7-8-10(4)6-2/h5-7H,1-3,8H2,4H3/b10-6-. The van der Waals surface area contributed by atoms with E-state index in [4.69, 9.17) is 0 Å². The maximum atomic E-state index is 3.76. The Balaban J connectivity index is 3.55. The lowest BCUT2D eigenvalue weighted by molar-refractivity contribution is 1.13. The molecule has 0 fully saturated rings. The average molecular weight is 134 g/mol. The molecule has 0 heteroatoms. The molecule has 54 valence electrons. The molecular weight excluding hydrogens is 120 g/mol. The Kier molecular flexibility index (Phi) is 4.65. The van der Waals surface area contributed by atoms with E-state index in [1.54, 1.807) is 6.08 Å². The summed E-state index contributed by atoms with van der Waals surface area (Å²) in [6.07, 6.45) is 6.56. The molecule has 0 aromatic heterocycles. The maximum Gasteiger partial charge on any atom is -0.00592 e. The molecule has 0 N–H and O–H groups in total. The minimum Gasteiger partial charge on any atom is -0.0988 e. The van der Waals surface area contributed by atoms with Gasteiger partial charge in [-0.1, -0.05) is 36.5 Å². The Morgan fingerprint density at radius 1 is 1.50 bits per heavy atom. The van der Waals surface area contributed by atoms with Crippen LogP contribution in [-0.4, -0.2) is 0 Å². The normalized spacial score (nSPS) is 11.2. The van der Waals surface area contributed by atoms with Crippen molar-refractivity contribution in [3.63, 3.8) is 0 Å². The van der Waals surface area contributed by atoms with Crippen molar-refractivity contribution in [1.29, 1.82) is 0 Å². The van der Waals surface area contributed by atoms with Crippen LogP contribution in [-0.2, 0) is 0 Å². The zero-order chi connectivity index (χ0) is 7.98. The van der Waals surface area contributed by atoms with E-state index in [0.29, 0.717) is 0 Å². The molecule has 0 aromatic carbocycles. The lowest BCUT2D eigenvalue weighted by Gasteiger charge is -1.98.